The summed E-state index contributed by atoms with van der Waals surface area (Å²) in [6.45, 7) is 5.64. The van der Waals surface area contributed by atoms with Crippen LogP contribution in [0.3, 0.4) is 0 Å². The molecule has 0 saturated heterocycles. The molecular formula is C17H20N2O4S. The number of ether oxygens (including phenoxy) is 1. The van der Waals surface area contributed by atoms with Crippen molar-refractivity contribution in [2.45, 2.75) is 20.8 Å². The molecule has 2 heterocycles. The summed E-state index contributed by atoms with van der Waals surface area (Å²) in [6, 6.07) is 3.54. The number of ketones is 1. The fraction of sp³-hybridized carbons (Fsp3) is 0.353. The highest BCUT2D eigenvalue weighted by Gasteiger charge is 2.25. The maximum Gasteiger partial charge on any atom is 0.354 e. The third-order valence-corrected chi connectivity index (χ3v) is 4.70. The molecule has 128 valence electrons. The Bertz CT molecular complexity index is 762. The van der Waals surface area contributed by atoms with Gasteiger partial charge < -0.3 is 14.6 Å². The Balaban J connectivity index is 2.24. The molecule has 7 heteroatoms. The minimum atomic E-state index is -0.517. The maximum absolute atomic E-state index is 12.7. The van der Waals surface area contributed by atoms with Crippen molar-refractivity contribution in [2.24, 2.45) is 0 Å². The number of hydrogen-bond donors (Lipinski definition) is 1. The number of nitrogens with one attached hydrogen (secondary N) is 1. The second kappa shape index (κ2) is 7.44. The van der Waals surface area contributed by atoms with Crippen LogP contribution < -0.4 is 0 Å². The lowest BCUT2D eigenvalue weighted by Crippen LogP contribution is -2.35. The molecule has 0 aliphatic heterocycles. The molecule has 0 saturated carbocycles. The summed E-state index contributed by atoms with van der Waals surface area (Å²) in [5.41, 5.74) is 1.85. The van der Waals surface area contributed by atoms with Crippen molar-refractivity contribution >= 4 is 29.0 Å². The van der Waals surface area contributed by atoms with Crippen LogP contribution in [0.2, 0.25) is 0 Å². The molecule has 1 amide bonds. The number of methoxy groups -OCH3 is 1. The van der Waals surface area contributed by atoms with E-state index in [4.69, 9.17) is 4.74 Å². The van der Waals surface area contributed by atoms with E-state index in [2.05, 4.69) is 4.98 Å². The van der Waals surface area contributed by atoms with Crippen LogP contribution in [-0.4, -0.2) is 47.7 Å². The van der Waals surface area contributed by atoms with Crippen LogP contribution in [0.4, 0.5) is 0 Å². The first kappa shape index (κ1) is 17.9. The summed E-state index contributed by atoms with van der Waals surface area (Å²) >= 11 is 1.35. The van der Waals surface area contributed by atoms with E-state index < -0.39 is 5.97 Å². The minimum Gasteiger partial charge on any atom is -0.464 e. The second-order valence-electron chi connectivity index (χ2n) is 5.34. The summed E-state index contributed by atoms with van der Waals surface area (Å²) in [4.78, 5) is 41.9. The Kier molecular flexibility index (Phi) is 5.56. The van der Waals surface area contributed by atoms with E-state index in [1.54, 1.807) is 26.0 Å². The quantitative estimate of drug-likeness (QED) is 0.643. The van der Waals surface area contributed by atoms with Gasteiger partial charge in [0.15, 0.2) is 5.78 Å². The highest BCUT2D eigenvalue weighted by atomic mass is 32.1. The molecular weight excluding hydrogens is 328 g/mol. The summed E-state index contributed by atoms with van der Waals surface area (Å²) in [5.74, 6) is -0.889. The number of amides is 1. The van der Waals surface area contributed by atoms with Crippen LogP contribution in [0.5, 0.6) is 0 Å². The van der Waals surface area contributed by atoms with Gasteiger partial charge in [0.05, 0.1) is 18.5 Å². The van der Waals surface area contributed by atoms with Gasteiger partial charge in [-0.2, -0.15) is 0 Å². The van der Waals surface area contributed by atoms with Crippen molar-refractivity contribution in [1.82, 2.24) is 9.88 Å². The van der Waals surface area contributed by atoms with Gasteiger partial charge in [0.25, 0.3) is 5.91 Å². The second-order valence-corrected chi connectivity index (χ2v) is 6.28. The fourth-order valence-corrected chi connectivity index (χ4v) is 3.30. The third-order valence-electron chi connectivity index (χ3n) is 3.84. The molecule has 2 aromatic heterocycles. The van der Waals surface area contributed by atoms with Crippen molar-refractivity contribution in [3.63, 3.8) is 0 Å². The van der Waals surface area contributed by atoms with Crippen LogP contribution in [-0.2, 0) is 4.74 Å². The lowest BCUT2D eigenvalue weighted by Gasteiger charge is -2.19. The van der Waals surface area contributed by atoms with E-state index in [0.717, 1.165) is 0 Å². The molecule has 0 atom stereocenters. The standard InChI is InChI=1S/C17H20N2O4S/c1-5-19(16(21)13-7-6-8-24-13)9-12(20)14-10(2)15(17(22)23-4)18-11(14)3/h6-8,18H,5,9H2,1-4H3. The van der Waals surface area contributed by atoms with E-state index in [-0.39, 0.29) is 23.9 Å². The number of hydrogen-bond acceptors (Lipinski definition) is 5. The number of Topliss-reactive ketones (excluding diaryl/α,β-unsaturated/α-hetero) is 1. The number of carbonyl (C=O) groups excluding carboxylic acids is 3. The molecule has 0 spiro atoms. The number of aromatic nitrogens is 1. The van der Waals surface area contributed by atoms with Crippen LogP contribution in [0.15, 0.2) is 17.5 Å². The van der Waals surface area contributed by atoms with Crippen LogP contribution in [0.1, 0.15) is 48.7 Å². The minimum absolute atomic E-state index is 0.0343. The maximum atomic E-state index is 12.7. The lowest BCUT2D eigenvalue weighted by molar-refractivity contribution is 0.0593. The molecule has 0 aliphatic rings. The van der Waals surface area contributed by atoms with Gasteiger partial charge in [-0.3, -0.25) is 9.59 Å². The van der Waals surface area contributed by atoms with Crippen molar-refractivity contribution < 1.29 is 19.1 Å². The van der Waals surface area contributed by atoms with E-state index >= 15 is 0 Å². The van der Waals surface area contributed by atoms with Gasteiger partial charge in [-0.25, -0.2) is 4.79 Å². The highest BCUT2D eigenvalue weighted by molar-refractivity contribution is 7.12. The van der Waals surface area contributed by atoms with E-state index in [1.165, 1.54) is 23.3 Å². The first-order valence-corrected chi connectivity index (χ1v) is 8.42. The predicted octanol–water partition coefficient (Wildman–Crippen LogP) is 2.82. The fourth-order valence-electron chi connectivity index (χ4n) is 2.61. The molecule has 0 bridgehead atoms. The van der Waals surface area contributed by atoms with Gasteiger partial charge in [0, 0.05) is 17.8 Å². The normalized spacial score (nSPS) is 10.5. The number of thiophene rings is 1. The Morgan fingerprint density at radius 3 is 2.54 bits per heavy atom. The van der Waals surface area contributed by atoms with Gasteiger partial charge in [-0.05, 0) is 37.8 Å². The van der Waals surface area contributed by atoms with Crippen molar-refractivity contribution in [1.29, 1.82) is 0 Å². The topological polar surface area (TPSA) is 79.5 Å². The number of nitrogens with zero attached hydrogens (tertiary/aromatic N) is 1. The Labute approximate surface area is 144 Å². The zero-order chi connectivity index (χ0) is 17.9. The number of likely N-dealkylation sites (N-methyl/N-ethyl adjacent to an activating group) is 1. The summed E-state index contributed by atoms with van der Waals surface area (Å²) in [7, 11) is 1.29. The van der Waals surface area contributed by atoms with Crippen LogP contribution >= 0.6 is 11.3 Å². The molecule has 0 aromatic carbocycles. The number of esters is 1. The van der Waals surface area contributed by atoms with Gasteiger partial charge >= 0.3 is 5.97 Å². The number of carbonyl (C=O) groups is 3. The molecule has 2 rings (SSSR count). The first-order valence-electron chi connectivity index (χ1n) is 7.54. The zero-order valence-corrected chi connectivity index (χ0v) is 15.0. The smallest absolute Gasteiger partial charge is 0.354 e. The SMILES string of the molecule is CCN(CC(=O)c1c(C)[nH]c(C(=O)OC)c1C)C(=O)c1cccs1. The summed E-state index contributed by atoms with van der Waals surface area (Å²) in [6.07, 6.45) is 0. The average molecular weight is 348 g/mol. The zero-order valence-electron chi connectivity index (χ0n) is 14.1. The molecule has 0 fully saturated rings. The van der Waals surface area contributed by atoms with Crippen molar-refractivity contribution in [3.8, 4) is 0 Å². The van der Waals surface area contributed by atoms with E-state index in [0.29, 0.717) is 28.2 Å². The Morgan fingerprint density at radius 1 is 1.29 bits per heavy atom. The number of H-pyrrole nitrogens is 1. The monoisotopic (exact) mass is 348 g/mol. The van der Waals surface area contributed by atoms with Crippen molar-refractivity contribution in [3.05, 3.63) is 44.9 Å². The first-order chi connectivity index (χ1) is 11.4. The number of rotatable bonds is 6. The lowest BCUT2D eigenvalue weighted by atomic mass is 10.1. The Morgan fingerprint density at radius 2 is 2.00 bits per heavy atom. The van der Waals surface area contributed by atoms with E-state index in [1.807, 2.05) is 12.3 Å². The van der Waals surface area contributed by atoms with Gasteiger partial charge in [0.2, 0.25) is 0 Å². The molecule has 24 heavy (non-hydrogen) atoms. The predicted molar refractivity (Wildman–Crippen MR) is 91.8 cm³/mol. The average Bonchev–Trinajstić information content (AvgIpc) is 3.19. The Hall–Kier alpha value is -2.41. The summed E-state index contributed by atoms with van der Waals surface area (Å²) < 4.78 is 4.71. The largest absolute Gasteiger partial charge is 0.464 e. The molecule has 0 aliphatic carbocycles. The molecule has 0 unspecified atom stereocenters. The summed E-state index contributed by atoms with van der Waals surface area (Å²) in [5, 5.41) is 1.83. The molecule has 1 N–H and O–H groups in total. The molecule has 6 nitrogen and oxygen atoms in total. The number of aromatic amines is 1. The van der Waals surface area contributed by atoms with E-state index in [9.17, 15) is 14.4 Å². The van der Waals surface area contributed by atoms with Crippen LogP contribution in [0, 0.1) is 13.8 Å². The van der Waals surface area contributed by atoms with Gasteiger partial charge in [0.1, 0.15) is 5.69 Å². The third kappa shape index (κ3) is 3.41. The van der Waals surface area contributed by atoms with Crippen molar-refractivity contribution in [2.75, 3.05) is 20.2 Å². The molecule has 2 aromatic rings. The van der Waals surface area contributed by atoms with Gasteiger partial charge in [-0.1, -0.05) is 6.07 Å². The van der Waals surface area contributed by atoms with Crippen LogP contribution in [0.25, 0.3) is 0 Å². The highest BCUT2D eigenvalue weighted by Crippen LogP contribution is 2.20. The number of aryl methyl sites for hydroxylation is 1. The molecule has 0 radical (unpaired) electrons. The van der Waals surface area contributed by atoms with Gasteiger partial charge in [-0.15, -0.1) is 11.3 Å².